The molecule has 0 N–H and O–H groups in total. The number of rotatable bonds is 2. The van der Waals surface area contributed by atoms with E-state index >= 15 is 0 Å². The van der Waals surface area contributed by atoms with Crippen LogP contribution in [-0.4, -0.2) is 33.9 Å². The number of aromatic nitrogens is 1. The minimum absolute atomic E-state index is 0. The monoisotopic (exact) mass is 505 g/mol. The quantitative estimate of drug-likeness (QED) is 0.237. The first-order chi connectivity index (χ1) is 9.27. The average molecular weight is 506 g/mol. The molecule has 1 aliphatic heterocycles. The largest absolute Gasteiger partial charge is 2.00 e. The maximum absolute atomic E-state index is 5.33. The van der Waals surface area contributed by atoms with Gasteiger partial charge in [0.2, 0.25) is 0 Å². The van der Waals surface area contributed by atoms with E-state index in [0.29, 0.717) is 5.17 Å². The SMILES string of the molecule is C/C(=N\N=C(/[S-])N1CCCCCC1)c1ccccn1.[Cl-].[Pt+2]. The molecule has 1 aliphatic rings. The third-order valence-electron chi connectivity index (χ3n) is 3.20. The summed E-state index contributed by atoms with van der Waals surface area (Å²) in [6, 6.07) is 5.74. The van der Waals surface area contributed by atoms with E-state index in [1.54, 1.807) is 6.20 Å². The number of halogens is 1. The summed E-state index contributed by atoms with van der Waals surface area (Å²) < 4.78 is 0. The van der Waals surface area contributed by atoms with Gasteiger partial charge in [-0.3, -0.25) is 4.98 Å². The Hall–Kier alpha value is -0.512. The fourth-order valence-corrected chi connectivity index (χ4v) is 2.29. The van der Waals surface area contributed by atoms with Crippen LogP contribution >= 0.6 is 0 Å². The smallest absolute Gasteiger partial charge is 1.00 e. The first-order valence-corrected chi connectivity index (χ1v) is 7.14. The van der Waals surface area contributed by atoms with Gasteiger partial charge in [-0.15, -0.1) is 0 Å². The van der Waals surface area contributed by atoms with Crippen LogP contribution in [0.25, 0.3) is 0 Å². The molecule has 21 heavy (non-hydrogen) atoms. The summed E-state index contributed by atoms with van der Waals surface area (Å²) >= 11 is 5.33. The molecular weight excluding hydrogens is 487 g/mol. The summed E-state index contributed by atoms with van der Waals surface area (Å²) in [5.74, 6) is 0. The van der Waals surface area contributed by atoms with Crippen LogP contribution in [0.15, 0.2) is 34.6 Å². The topological polar surface area (TPSA) is 40.9 Å². The summed E-state index contributed by atoms with van der Waals surface area (Å²) in [6.45, 7) is 3.90. The van der Waals surface area contributed by atoms with Crippen LogP contribution in [0.5, 0.6) is 0 Å². The number of pyridine rings is 1. The van der Waals surface area contributed by atoms with Gasteiger partial charge in [-0.2, -0.15) is 10.2 Å². The van der Waals surface area contributed by atoms with E-state index in [2.05, 4.69) is 20.1 Å². The van der Waals surface area contributed by atoms with Gasteiger partial charge in [-0.1, -0.05) is 18.9 Å². The molecule has 0 aliphatic carbocycles. The van der Waals surface area contributed by atoms with E-state index in [0.717, 1.165) is 24.5 Å². The molecular formula is C14H19ClN4PtS. The Labute approximate surface area is 152 Å². The van der Waals surface area contributed by atoms with Gasteiger partial charge in [0.05, 0.1) is 11.4 Å². The summed E-state index contributed by atoms with van der Waals surface area (Å²) in [4.78, 5) is 6.39. The van der Waals surface area contributed by atoms with Crippen molar-refractivity contribution in [3.8, 4) is 0 Å². The summed E-state index contributed by atoms with van der Waals surface area (Å²) in [6.07, 6.45) is 6.71. The van der Waals surface area contributed by atoms with Crippen molar-refractivity contribution < 1.29 is 33.5 Å². The molecule has 118 valence electrons. The molecule has 4 nitrogen and oxygen atoms in total. The first kappa shape index (κ1) is 20.5. The van der Waals surface area contributed by atoms with Gasteiger partial charge in [0.1, 0.15) is 0 Å². The van der Waals surface area contributed by atoms with Crippen molar-refractivity contribution in [3.05, 3.63) is 30.1 Å². The van der Waals surface area contributed by atoms with E-state index in [-0.39, 0.29) is 33.5 Å². The Kier molecular flexibility index (Phi) is 10.8. The molecule has 1 aromatic rings. The fraction of sp³-hybridized carbons (Fsp3) is 0.500. The van der Waals surface area contributed by atoms with E-state index in [9.17, 15) is 0 Å². The minimum Gasteiger partial charge on any atom is -1.00 e. The number of likely N-dealkylation sites (tertiary alicyclic amines) is 1. The molecule has 1 aromatic heterocycles. The van der Waals surface area contributed by atoms with Crippen molar-refractivity contribution in [3.63, 3.8) is 0 Å². The van der Waals surface area contributed by atoms with Crippen LogP contribution in [0.3, 0.4) is 0 Å². The predicted molar refractivity (Wildman–Crippen MR) is 81.3 cm³/mol. The third-order valence-corrected chi connectivity index (χ3v) is 3.54. The van der Waals surface area contributed by atoms with Crippen LogP contribution in [0.2, 0.25) is 0 Å². The molecule has 0 amide bonds. The Morgan fingerprint density at radius 2 is 1.81 bits per heavy atom. The molecule has 0 bridgehead atoms. The van der Waals surface area contributed by atoms with Gasteiger partial charge in [-0.05, 0) is 31.9 Å². The predicted octanol–water partition coefficient (Wildman–Crippen LogP) is -0.414. The molecule has 2 rings (SSSR count). The van der Waals surface area contributed by atoms with Crippen molar-refractivity contribution in [1.29, 1.82) is 0 Å². The van der Waals surface area contributed by atoms with Gasteiger partial charge in [0, 0.05) is 24.5 Å². The Bertz CT molecular complexity index is 459. The van der Waals surface area contributed by atoms with E-state index in [1.807, 2.05) is 25.1 Å². The zero-order valence-corrected chi connectivity index (χ0v) is 15.8. The van der Waals surface area contributed by atoms with Crippen molar-refractivity contribution in [1.82, 2.24) is 9.88 Å². The normalized spacial score (nSPS) is 16.5. The van der Waals surface area contributed by atoms with E-state index in [1.165, 1.54) is 25.7 Å². The number of hydrogen-bond acceptors (Lipinski definition) is 4. The summed E-state index contributed by atoms with van der Waals surface area (Å²) in [7, 11) is 0. The van der Waals surface area contributed by atoms with Crippen molar-refractivity contribution in [2.75, 3.05) is 13.1 Å². The second-order valence-corrected chi connectivity index (χ2v) is 5.05. The molecule has 0 unspecified atom stereocenters. The second kappa shape index (κ2) is 11.1. The van der Waals surface area contributed by atoms with Crippen LogP contribution in [-0.2, 0) is 33.7 Å². The van der Waals surface area contributed by atoms with Crippen molar-refractivity contribution in [2.45, 2.75) is 32.6 Å². The van der Waals surface area contributed by atoms with Gasteiger partial charge in [0.25, 0.3) is 0 Å². The third kappa shape index (κ3) is 6.85. The van der Waals surface area contributed by atoms with Crippen LogP contribution in [0, 0.1) is 0 Å². The minimum atomic E-state index is 0. The van der Waals surface area contributed by atoms with Crippen LogP contribution < -0.4 is 12.4 Å². The molecule has 0 atom stereocenters. The standard InChI is InChI=1S/C14H20N4S.ClH.Pt/c1-12(13-8-4-5-9-15-13)16-17-14(19)18-10-6-2-3-7-11-18;;/h4-5,8-9H,2-3,6-7,10-11H2,1H3,(H,17,19);1H;/q;;+2/p-2/b16-12+;;. The fourth-order valence-electron chi connectivity index (χ4n) is 2.07. The summed E-state index contributed by atoms with van der Waals surface area (Å²) in [5.41, 5.74) is 1.63. The van der Waals surface area contributed by atoms with Gasteiger partial charge in [-0.25, -0.2) is 0 Å². The Balaban J connectivity index is 0.00000200. The Morgan fingerprint density at radius 1 is 1.14 bits per heavy atom. The average Bonchev–Trinajstić information content (AvgIpc) is 2.74. The number of hydrogen-bond donors (Lipinski definition) is 0. The Morgan fingerprint density at radius 3 is 2.38 bits per heavy atom. The summed E-state index contributed by atoms with van der Waals surface area (Å²) in [5, 5.41) is 8.96. The molecule has 7 heteroatoms. The van der Waals surface area contributed by atoms with Gasteiger partial charge in [0.15, 0.2) is 0 Å². The zero-order valence-electron chi connectivity index (χ0n) is 11.9. The maximum atomic E-state index is 5.33. The van der Waals surface area contributed by atoms with Crippen LogP contribution in [0.4, 0.5) is 0 Å². The van der Waals surface area contributed by atoms with E-state index in [4.69, 9.17) is 12.6 Å². The molecule has 1 fully saturated rings. The molecule has 0 radical (unpaired) electrons. The van der Waals surface area contributed by atoms with Gasteiger partial charge < -0.3 is 29.9 Å². The molecule has 2 heterocycles. The van der Waals surface area contributed by atoms with E-state index < -0.39 is 0 Å². The molecule has 0 spiro atoms. The number of amidine groups is 1. The first-order valence-electron chi connectivity index (χ1n) is 6.73. The van der Waals surface area contributed by atoms with Gasteiger partial charge >= 0.3 is 21.1 Å². The van der Waals surface area contributed by atoms with Crippen LogP contribution in [0.1, 0.15) is 38.3 Å². The molecule has 0 aromatic carbocycles. The molecule has 1 saturated heterocycles. The van der Waals surface area contributed by atoms with Crippen molar-refractivity contribution >= 4 is 23.5 Å². The zero-order chi connectivity index (χ0) is 13.5. The molecule has 0 saturated carbocycles. The van der Waals surface area contributed by atoms with Crippen molar-refractivity contribution in [2.24, 2.45) is 10.2 Å². The number of nitrogens with zero attached hydrogens (tertiary/aromatic N) is 4. The second-order valence-electron chi connectivity index (χ2n) is 4.68. The maximum Gasteiger partial charge on any atom is 2.00 e.